The van der Waals surface area contributed by atoms with Crippen LogP contribution in [0.3, 0.4) is 0 Å². The molecule has 2 saturated heterocycles. The zero-order valence-electron chi connectivity index (χ0n) is 14.5. The molecule has 0 amide bonds. The van der Waals surface area contributed by atoms with Crippen molar-refractivity contribution in [3.63, 3.8) is 0 Å². The summed E-state index contributed by atoms with van der Waals surface area (Å²) in [4.78, 5) is 2.49. The first-order chi connectivity index (χ1) is 11.8. The molecule has 24 heavy (non-hydrogen) atoms. The molecular weight excluding hydrogens is 308 g/mol. The Balaban J connectivity index is 1.32. The van der Waals surface area contributed by atoms with Gasteiger partial charge in [-0.3, -0.25) is 4.90 Å². The van der Waals surface area contributed by atoms with E-state index in [4.69, 9.17) is 18.7 Å². The zero-order valence-corrected chi connectivity index (χ0v) is 14.5. The minimum absolute atomic E-state index is 0.201. The van der Waals surface area contributed by atoms with Gasteiger partial charge in [0.1, 0.15) is 5.76 Å². The first kappa shape index (κ1) is 16.5. The van der Waals surface area contributed by atoms with Crippen molar-refractivity contribution >= 4 is 0 Å². The molecule has 2 aliphatic heterocycles. The highest BCUT2D eigenvalue weighted by atomic mass is 16.5. The minimum Gasteiger partial charge on any atom is -0.381 e. The molecule has 0 radical (unpaired) electrons. The molecule has 1 saturated carbocycles. The van der Waals surface area contributed by atoms with E-state index in [1.165, 1.54) is 0 Å². The number of aromatic nitrogens is 1. The Labute approximate surface area is 143 Å². The lowest BCUT2D eigenvalue weighted by Gasteiger charge is -2.38. The standard InChI is InChI=1S/C18H28N2O4/c1-13-10-15(19-24-13)11-20-6-9-22-18-16(20)2-3-17(18)23-12-14-4-7-21-8-5-14/h10,14,16-18H,2-9,11-12H2,1H3/t16-,17+,18+/m0/s1. The number of fused-ring (bicyclic) bond motifs is 1. The lowest BCUT2D eigenvalue weighted by Crippen LogP contribution is -2.51. The average Bonchev–Trinajstić information content (AvgIpc) is 3.21. The van der Waals surface area contributed by atoms with Crippen LogP contribution >= 0.6 is 0 Å². The molecule has 6 heteroatoms. The van der Waals surface area contributed by atoms with Gasteiger partial charge in [0.15, 0.2) is 0 Å². The second kappa shape index (κ2) is 7.52. The lowest BCUT2D eigenvalue weighted by molar-refractivity contribution is -0.122. The van der Waals surface area contributed by atoms with E-state index in [0.717, 1.165) is 76.7 Å². The Hall–Kier alpha value is -0.950. The molecule has 4 rings (SSSR count). The van der Waals surface area contributed by atoms with Crippen molar-refractivity contribution in [1.82, 2.24) is 10.1 Å². The number of hydrogen-bond acceptors (Lipinski definition) is 6. The first-order valence-corrected chi connectivity index (χ1v) is 9.27. The molecule has 0 bridgehead atoms. The van der Waals surface area contributed by atoms with E-state index in [1.54, 1.807) is 0 Å². The SMILES string of the molecule is Cc1cc(CN2CCO[C@H]3[C@H](OCC4CCOCC4)CC[C@@H]32)no1. The van der Waals surface area contributed by atoms with Crippen molar-refractivity contribution in [3.8, 4) is 0 Å². The molecule has 1 aromatic heterocycles. The van der Waals surface area contributed by atoms with Crippen molar-refractivity contribution in [2.24, 2.45) is 5.92 Å². The smallest absolute Gasteiger partial charge is 0.133 e. The predicted octanol–water partition coefficient (Wildman–Crippen LogP) is 2.16. The van der Waals surface area contributed by atoms with Crippen molar-refractivity contribution in [3.05, 3.63) is 17.5 Å². The van der Waals surface area contributed by atoms with Gasteiger partial charge in [0, 0.05) is 38.4 Å². The van der Waals surface area contributed by atoms with Crippen LogP contribution in [0.4, 0.5) is 0 Å². The third-order valence-electron chi connectivity index (χ3n) is 5.58. The van der Waals surface area contributed by atoms with Gasteiger partial charge in [-0.15, -0.1) is 0 Å². The molecule has 1 aliphatic carbocycles. The van der Waals surface area contributed by atoms with Gasteiger partial charge in [-0.1, -0.05) is 5.16 Å². The molecule has 0 aromatic carbocycles. The average molecular weight is 336 g/mol. The highest BCUT2D eigenvalue weighted by Gasteiger charge is 2.43. The van der Waals surface area contributed by atoms with Crippen molar-refractivity contribution in [1.29, 1.82) is 0 Å². The molecule has 0 N–H and O–H groups in total. The second-order valence-corrected chi connectivity index (χ2v) is 7.31. The number of hydrogen-bond donors (Lipinski definition) is 0. The highest BCUT2D eigenvalue weighted by molar-refractivity contribution is 5.05. The van der Waals surface area contributed by atoms with E-state index >= 15 is 0 Å². The van der Waals surface area contributed by atoms with Gasteiger partial charge in [0.05, 0.1) is 31.1 Å². The van der Waals surface area contributed by atoms with Crippen molar-refractivity contribution in [2.45, 2.75) is 57.4 Å². The van der Waals surface area contributed by atoms with Crippen LogP contribution in [0.5, 0.6) is 0 Å². The van der Waals surface area contributed by atoms with Crippen molar-refractivity contribution in [2.75, 3.05) is 33.0 Å². The monoisotopic (exact) mass is 336 g/mol. The van der Waals surface area contributed by atoms with Gasteiger partial charge in [0.2, 0.25) is 0 Å². The third kappa shape index (κ3) is 3.67. The van der Waals surface area contributed by atoms with Crippen LogP contribution in [0.1, 0.15) is 37.1 Å². The normalized spacial score (nSPS) is 32.1. The lowest BCUT2D eigenvalue weighted by atomic mass is 10.0. The number of nitrogens with zero attached hydrogens (tertiary/aromatic N) is 2. The summed E-state index contributed by atoms with van der Waals surface area (Å²) in [5.41, 5.74) is 1.01. The molecular formula is C18H28N2O4. The molecule has 0 unspecified atom stereocenters. The summed E-state index contributed by atoms with van der Waals surface area (Å²) < 4.78 is 23.0. The van der Waals surface area contributed by atoms with Gasteiger partial charge in [0.25, 0.3) is 0 Å². The summed E-state index contributed by atoms with van der Waals surface area (Å²) in [5.74, 6) is 1.52. The molecule has 1 aromatic rings. The second-order valence-electron chi connectivity index (χ2n) is 7.31. The van der Waals surface area contributed by atoms with E-state index in [2.05, 4.69) is 10.1 Å². The quantitative estimate of drug-likeness (QED) is 0.821. The fourth-order valence-electron chi connectivity index (χ4n) is 4.24. The van der Waals surface area contributed by atoms with Gasteiger partial charge in [-0.25, -0.2) is 0 Å². The number of aryl methyl sites for hydroxylation is 1. The number of ether oxygens (including phenoxy) is 3. The van der Waals surface area contributed by atoms with Crippen LogP contribution in [-0.2, 0) is 20.8 Å². The largest absolute Gasteiger partial charge is 0.381 e. The molecule has 3 heterocycles. The maximum atomic E-state index is 6.27. The van der Waals surface area contributed by atoms with Gasteiger partial charge < -0.3 is 18.7 Å². The minimum atomic E-state index is 0.201. The first-order valence-electron chi connectivity index (χ1n) is 9.27. The maximum Gasteiger partial charge on any atom is 0.133 e. The van der Waals surface area contributed by atoms with Crippen LogP contribution in [-0.4, -0.2) is 61.3 Å². The molecule has 6 nitrogen and oxygen atoms in total. The Morgan fingerprint density at radius 1 is 1.21 bits per heavy atom. The van der Waals surface area contributed by atoms with E-state index in [9.17, 15) is 0 Å². The fourth-order valence-corrected chi connectivity index (χ4v) is 4.24. The predicted molar refractivity (Wildman–Crippen MR) is 87.7 cm³/mol. The van der Waals surface area contributed by atoms with Crippen LogP contribution in [0.2, 0.25) is 0 Å². The van der Waals surface area contributed by atoms with E-state index < -0.39 is 0 Å². The fraction of sp³-hybridized carbons (Fsp3) is 0.833. The highest BCUT2D eigenvalue weighted by Crippen LogP contribution is 2.33. The van der Waals surface area contributed by atoms with Crippen LogP contribution in [0.15, 0.2) is 10.6 Å². The van der Waals surface area contributed by atoms with Gasteiger partial charge in [-0.2, -0.15) is 0 Å². The van der Waals surface area contributed by atoms with Gasteiger partial charge in [-0.05, 0) is 38.5 Å². The van der Waals surface area contributed by atoms with Gasteiger partial charge >= 0.3 is 0 Å². The van der Waals surface area contributed by atoms with E-state index in [-0.39, 0.29) is 12.2 Å². The van der Waals surface area contributed by atoms with E-state index in [1.807, 2.05) is 13.0 Å². The maximum absolute atomic E-state index is 6.27. The van der Waals surface area contributed by atoms with E-state index in [0.29, 0.717) is 12.0 Å². The molecule has 0 spiro atoms. The summed E-state index contributed by atoms with van der Waals surface area (Å²) in [7, 11) is 0. The topological polar surface area (TPSA) is 57.0 Å². The Morgan fingerprint density at radius 2 is 2.08 bits per heavy atom. The summed E-state index contributed by atoms with van der Waals surface area (Å²) >= 11 is 0. The summed E-state index contributed by atoms with van der Waals surface area (Å²) in [5, 5.41) is 4.14. The Bertz CT molecular complexity index is 529. The Morgan fingerprint density at radius 3 is 2.88 bits per heavy atom. The van der Waals surface area contributed by atoms with Crippen molar-refractivity contribution < 1.29 is 18.7 Å². The van der Waals surface area contributed by atoms with Crippen LogP contribution in [0.25, 0.3) is 0 Å². The Kier molecular flexibility index (Phi) is 5.17. The van der Waals surface area contributed by atoms with Crippen LogP contribution in [0, 0.1) is 12.8 Å². The molecule has 3 atom stereocenters. The molecule has 134 valence electrons. The number of rotatable bonds is 5. The molecule has 3 aliphatic rings. The summed E-state index contributed by atoms with van der Waals surface area (Å²) in [6.45, 7) is 7.12. The summed E-state index contributed by atoms with van der Waals surface area (Å²) in [6.07, 6.45) is 4.91. The third-order valence-corrected chi connectivity index (χ3v) is 5.58. The summed E-state index contributed by atoms with van der Waals surface area (Å²) in [6, 6.07) is 2.47. The van der Waals surface area contributed by atoms with Crippen LogP contribution < -0.4 is 0 Å². The molecule has 3 fully saturated rings. The number of morpholine rings is 1. The zero-order chi connectivity index (χ0) is 16.4.